The molecular formula is C17H27N5O2. The number of carbonyl (C=O) groups excluding carboxylic acids is 1. The number of nitrogens with one attached hydrogen (secondary N) is 4. The van der Waals surface area contributed by atoms with Gasteiger partial charge in [0, 0.05) is 36.4 Å². The lowest BCUT2D eigenvalue weighted by atomic mass is 10.0. The normalized spacial score (nSPS) is 14.8. The Kier molecular flexibility index (Phi) is 6.54. The van der Waals surface area contributed by atoms with Gasteiger partial charge in [0.2, 0.25) is 0 Å². The molecule has 1 atom stereocenters. The molecule has 0 aromatic carbocycles. The second-order valence-electron chi connectivity index (χ2n) is 6.12. The number of pyridine rings is 1. The second-order valence-corrected chi connectivity index (χ2v) is 6.12. The molecule has 0 unspecified atom stereocenters. The summed E-state index contributed by atoms with van der Waals surface area (Å²) in [4.78, 5) is 15.5. The Hall–Kier alpha value is -2.15. The number of amides is 1. The van der Waals surface area contributed by atoms with Crippen LogP contribution in [0.25, 0.3) is 0 Å². The Balaban J connectivity index is 1.91. The Morgan fingerprint density at radius 1 is 1.42 bits per heavy atom. The molecule has 0 saturated heterocycles. The Bertz CT molecular complexity index is 586. The van der Waals surface area contributed by atoms with Gasteiger partial charge in [0.25, 0.3) is 0 Å². The summed E-state index contributed by atoms with van der Waals surface area (Å²) in [6, 6.07) is 4.44. The molecule has 0 radical (unpaired) electrons. The minimum atomic E-state index is -0.425. The summed E-state index contributed by atoms with van der Waals surface area (Å²) in [7, 11) is 1.35. The number of carbonyl (C=O) groups is 1. The first-order valence-corrected chi connectivity index (χ1v) is 8.39. The van der Waals surface area contributed by atoms with Gasteiger partial charge in [-0.25, -0.2) is 9.78 Å². The van der Waals surface area contributed by atoms with Crippen LogP contribution in [0.4, 0.5) is 10.6 Å². The standard InChI is InChI=1S/C17H27N5O2/c1-11-5-8-14(15(18)12(2)22-13-6-7-13)16(21-11)19-9-4-10-20-17(23)24-3/h5,8,12-13,18,22H,4,6-7,9-10H2,1-3H3,(H,19,21)(H,20,23)/t12-/m0/s1. The molecular weight excluding hydrogens is 306 g/mol. The molecule has 1 fully saturated rings. The highest BCUT2D eigenvalue weighted by Gasteiger charge is 2.25. The Labute approximate surface area is 143 Å². The summed E-state index contributed by atoms with van der Waals surface area (Å²) in [5.74, 6) is 0.725. The maximum atomic E-state index is 11.0. The van der Waals surface area contributed by atoms with Crippen LogP contribution in [-0.2, 0) is 4.74 Å². The third-order valence-electron chi connectivity index (χ3n) is 3.92. The van der Waals surface area contributed by atoms with Gasteiger partial charge in [-0.05, 0) is 45.2 Å². The first-order chi connectivity index (χ1) is 11.5. The summed E-state index contributed by atoms with van der Waals surface area (Å²) >= 11 is 0. The van der Waals surface area contributed by atoms with Gasteiger partial charge in [-0.1, -0.05) is 0 Å². The summed E-state index contributed by atoms with van der Waals surface area (Å²) < 4.78 is 4.53. The minimum Gasteiger partial charge on any atom is -0.453 e. The van der Waals surface area contributed by atoms with E-state index in [2.05, 4.69) is 25.7 Å². The smallest absolute Gasteiger partial charge is 0.406 e. The molecule has 132 valence electrons. The highest BCUT2D eigenvalue weighted by Crippen LogP contribution is 2.21. The van der Waals surface area contributed by atoms with Crippen LogP contribution >= 0.6 is 0 Å². The van der Waals surface area contributed by atoms with Crippen LogP contribution in [0.1, 0.15) is 37.4 Å². The number of alkyl carbamates (subject to hydrolysis) is 1. The molecule has 1 heterocycles. The molecule has 7 nitrogen and oxygen atoms in total. The highest BCUT2D eigenvalue weighted by molar-refractivity contribution is 6.05. The van der Waals surface area contributed by atoms with Crippen molar-refractivity contribution in [2.45, 2.75) is 45.2 Å². The molecule has 0 bridgehead atoms. The van der Waals surface area contributed by atoms with Crippen molar-refractivity contribution in [3.8, 4) is 0 Å². The summed E-state index contributed by atoms with van der Waals surface area (Å²) in [6.07, 6.45) is 2.71. The first-order valence-electron chi connectivity index (χ1n) is 8.39. The lowest BCUT2D eigenvalue weighted by molar-refractivity contribution is 0.171. The monoisotopic (exact) mass is 333 g/mol. The van der Waals surface area contributed by atoms with Crippen LogP contribution in [0.2, 0.25) is 0 Å². The number of aryl methyl sites for hydroxylation is 1. The zero-order valence-electron chi connectivity index (χ0n) is 14.6. The van der Waals surface area contributed by atoms with Crippen molar-refractivity contribution in [1.82, 2.24) is 15.6 Å². The number of hydrogen-bond donors (Lipinski definition) is 4. The van der Waals surface area contributed by atoms with Gasteiger partial charge < -0.3 is 26.1 Å². The lowest BCUT2D eigenvalue weighted by Gasteiger charge is -2.18. The fraction of sp³-hybridized carbons (Fsp3) is 0.588. The average Bonchev–Trinajstić information content (AvgIpc) is 3.37. The number of aromatic nitrogens is 1. The van der Waals surface area contributed by atoms with Crippen molar-refractivity contribution < 1.29 is 9.53 Å². The van der Waals surface area contributed by atoms with E-state index in [1.165, 1.54) is 20.0 Å². The summed E-state index contributed by atoms with van der Waals surface area (Å²) in [5, 5.41) is 17.8. The van der Waals surface area contributed by atoms with Crippen LogP contribution in [0.3, 0.4) is 0 Å². The largest absolute Gasteiger partial charge is 0.453 e. The zero-order chi connectivity index (χ0) is 17.5. The number of rotatable bonds is 9. The van der Waals surface area contributed by atoms with Crippen molar-refractivity contribution in [2.75, 3.05) is 25.5 Å². The van der Waals surface area contributed by atoms with Gasteiger partial charge >= 0.3 is 6.09 Å². The SMILES string of the molecule is COC(=O)NCCCNc1nc(C)ccc1C(=N)[C@H](C)NC1CC1. The van der Waals surface area contributed by atoms with Crippen molar-refractivity contribution in [1.29, 1.82) is 5.41 Å². The molecule has 24 heavy (non-hydrogen) atoms. The molecule has 1 aromatic rings. The predicted molar refractivity (Wildman–Crippen MR) is 94.9 cm³/mol. The number of ether oxygens (including phenoxy) is 1. The van der Waals surface area contributed by atoms with E-state index >= 15 is 0 Å². The molecule has 1 aliphatic carbocycles. The number of hydrogen-bond acceptors (Lipinski definition) is 6. The maximum absolute atomic E-state index is 11.0. The van der Waals surface area contributed by atoms with Crippen molar-refractivity contribution in [3.63, 3.8) is 0 Å². The van der Waals surface area contributed by atoms with E-state index in [1.54, 1.807) is 0 Å². The van der Waals surface area contributed by atoms with Crippen LogP contribution < -0.4 is 16.0 Å². The maximum Gasteiger partial charge on any atom is 0.406 e. The Morgan fingerprint density at radius 3 is 2.83 bits per heavy atom. The molecule has 1 aromatic heterocycles. The molecule has 1 saturated carbocycles. The number of nitrogens with zero attached hydrogens (tertiary/aromatic N) is 1. The highest BCUT2D eigenvalue weighted by atomic mass is 16.5. The Morgan fingerprint density at radius 2 is 2.17 bits per heavy atom. The van der Waals surface area contributed by atoms with E-state index in [4.69, 9.17) is 5.41 Å². The van der Waals surface area contributed by atoms with Crippen LogP contribution in [0.15, 0.2) is 12.1 Å². The van der Waals surface area contributed by atoms with Gasteiger partial charge in [0.15, 0.2) is 0 Å². The third kappa shape index (κ3) is 5.49. The lowest BCUT2D eigenvalue weighted by Crippen LogP contribution is -2.36. The summed E-state index contributed by atoms with van der Waals surface area (Å²) in [6.45, 7) is 5.14. The molecule has 7 heteroatoms. The van der Waals surface area contributed by atoms with Crippen LogP contribution in [0, 0.1) is 12.3 Å². The number of methoxy groups -OCH3 is 1. The van der Waals surface area contributed by atoms with Gasteiger partial charge in [0.05, 0.1) is 12.8 Å². The number of anilines is 1. The van der Waals surface area contributed by atoms with Gasteiger partial charge in [-0.3, -0.25) is 0 Å². The average molecular weight is 333 g/mol. The van der Waals surface area contributed by atoms with E-state index in [1.807, 2.05) is 26.0 Å². The minimum absolute atomic E-state index is 0.00328. The molecule has 0 aliphatic heterocycles. The fourth-order valence-corrected chi connectivity index (χ4v) is 2.39. The molecule has 0 spiro atoms. The van der Waals surface area contributed by atoms with E-state index in [-0.39, 0.29) is 6.04 Å². The van der Waals surface area contributed by atoms with Gasteiger partial charge in [-0.15, -0.1) is 0 Å². The predicted octanol–water partition coefficient (Wildman–Crippen LogP) is 2.06. The second kappa shape index (κ2) is 8.63. The topological polar surface area (TPSA) is 99.1 Å². The zero-order valence-corrected chi connectivity index (χ0v) is 14.6. The first kappa shape index (κ1) is 18.2. The molecule has 4 N–H and O–H groups in total. The van der Waals surface area contributed by atoms with Gasteiger partial charge in [-0.2, -0.15) is 0 Å². The molecule has 2 rings (SSSR count). The fourth-order valence-electron chi connectivity index (χ4n) is 2.39. The van der Waals surface area contributed by atoms with E-state index in [0.717, 1.165) is 23.5 Å². The van der Waals surface area contributed by atoms with Crippen molar-refractivity contribution in [2.24, 2.45) is 0 Å². The van der Waals surface area contributed by atoms with Gasteiger partial charge in [0.1, 0.15) is 5.82 Å². The summed E-state index contributed by atoms with van der Waals surface area (Å²) in [5.41, 5.74) is 2.27. The van der Waals surface area contributed by atoms with Crippen LogP contribution in [0.5, 0.6) is 0 Å². The molecule has 1 aliphatic rings. The third-order valence-corrected chi connectivity index (χ3v) is 3.92. The quantitative estimate of drug-likeness (QED) is 0.409. The van der Waals surface area contributed by atoms with Crippen LogP contribution in [-0.4, -0.2) is 49.1 Å². The molecule has 1 amide bonds. The van der Waals surface area contributed by atoms with Crippen molar-refractivity contribution in [3.05, 3.63) is 23.4 Å². The van der Waals surface area contributed by atoms with E-state index in [9.17, 15) is 4.79 Å². The van der Waals surface area contributed by atoms with E-state index < -0.39 is 6.09 Å². The van der Waals surface area contributed by atoms with E-state index in [0.29, 0.717) is 24.8 Å². The van der Waals surface area contributed by atoms with Crippen molar-refractivity contribution >= 4 is 17.6 Å².